The van der Waals surface area contributed by atoms with Crippen molar-refractivity contribution in [2.45, 2.75) is 13.2 Å². The maximum Gasteiger partial charge on any atom is 0.282 e. The highest BCUT2D eigenvalue weighted by Crippen LogP contribution is 2.24. The minimum atomic E-state index is -0.651. The molecule has 9 nitrogen and oxygen atoms in total. The minimum absolute atomic E-state index is 0.00208. The van der Waals surface area contributed by atoms with Gasteiger partial charge in [-0.05, 0) is 17.7 Å². The van der Waals surface area contributed by atoms with E-state index in [-0.39, 0.29) is 35.6 Å². The predicted molar refractivity (Wildman–Crippen MR) is 113 cm³/mol. The zero-order valence-electron chi connectivity index (χ0n) is 17.0. The Balaban J connectivity index is 1.72. The van der Waals surface area contributed by atoms with Crippen molar-refractivity contribution in [1.29, 1.82) is 0 Å². The zero-order chi connectivity index (χ0) is 22.4. The third kappa shape index (κ3) is 5.27. The summed E-state index contributed by atoms with van der Waals surface area (Å²) in [5.41, 5.74) is 0.649. The Hall–Kier alpha value is -4.14. The summed E-state index contributed by atoms with van der Waals surface area (Å²) < 4.78 is 12.3. The Bertz CT molecular complexity index is 1160. The van der Waals surface area contributed by atoms with Gasteiger partial charge in [-0.3, -0.25) is 19.7 Å². The first-order valence-electron chi connectivity index (χ1n) is 9.36. The van der Waals surface area contributed by atoms with Crippen LogP contribution in [0.2, 0.25) is 0 Å². The largest absolute Gasteiger partial charge is 0.497 e. The third-order valence-corrected chi connectivity index (χ3v) is 4.62. The number of ether oxygens (including phenoxy) is 2. The van der Waals surface area contributed by atoms with Gasteiger partial charge in [0.2, 0.25) is 5.43 Å². The zero-order valence-corrected chi connectivity index (χ0v) is 17.0. The van der Waals surface area contributed by atoms with E-state index in [0.717, 1.165) is 5.56 Å². The Morgan fingerprint density at radius 1 is 1.16 bits per heavy atom. The number of hydrogen-bond donors (Lipinski definition) is 1. The van der Waals surface area contributed by atoms with Gasteiger partial charge in [-0.2, -0.15) is 0 Å². The Kier molecular flexibility index (Phi) is 6.66. The molecule has 1 aromatic heterocycles. The van der Waals surface area contributed by atoms with Crippen LogP contribution in [0.15, 0.2) is 65.6 Å². The van der Waals surface area contributed by atoms with Crippen LogP contribution in [0.25, 0.3) is 0 Å². The van der Waals surface area contributed by atoms with E-state index in [2.05, 4.69) is 5.32 Å². The van der Waals surface area contributed by atoms with Gasteiger partial charge in [0.1, 0.15) is 17.9 Å². The molecule has 3 rings (SSSR count). The van der Waals surface area contributed by atoms with Crippen LogP contribution in [0.1, 0.15) is 21.6 Å². The van der Waals surface area contributed by atoms with E-state index in [0.29, 0.717) is 11.4 Å². The first-order valence-corrected chi connectivity index (χ1v) is 9.36. The SMILES string of the molecule is COc1ccc([N+](=O)[O-])c(C(=O)NCc2cc(=O)c(OCc3ccccc3)cn2C)c1. The number of aryl methyl sites for hydroxylation is 1. The van der Waals surface area contributed by atoms with Gasteiger partial charge in [-0.25, -0.2) is 0 Å². The summed E-state index contributed by atoms with van der Waals surface area (Å²) in [6.07, 6.45) is 1.54. The number of amides is 1. The molecule has 1 amide bonds. The lowest BCUT2D eigenvalue weighted by Crippen LogP contribution is -2.26. The number of carbonyl (C=O) groups excluding carboxylic acids is 1. The van der Waals surface area contributed by atoms with Crippen molar-refractivity contribution in [3.63, 3.8) is 0 Å². The summed E-state index contributed by atoms with van der Waals surface area (Å²) in [5, 5.41) is 13.8. The molecule has 0 spiro atoms. The second-order valence-electron chi connectivity index (χ2n) is 6.70. The van der Waals surface area contributed by atoms with Gasteiger partial charge in [0.15, 0.2) is 5.75 Å². The number of aromatic nitrogens is 1. The molecule has 1 heterocycles. The summed E-state index contributed by atoms with van der Waals surface area (Å²) in [6.45, 7) is 0.254. The van der Waals surface area contributed by atoms with Crippen LogP contribution >= 0.6 is 0 Å². The van der Waals surface area contributed by atoms with Crippen LogP contribution in [0.3, 0.4) is 0 Å². The molecule has 3 aromatic rings. The number of methoxy groups -OCH3 is 1. The third-order valence-electron chi connectivity index (χ3n) is 4.62. The van der Waals surface area contributed by atoms with Crippen molar-refractivity contribution < 1.29 is 19.2 Å². The van der Waals surface area contributed by atoms with E-state index in [9.17, 15) is 19.7 Å². The smallest absolute Gasteiger partial charge is 0.282 e. The molecule has 0 aliphatic rings. The molecule has 2 aromatic carbocycles. The standard InChI is InChI=1S/C22H21N3O6/c1-24-13-21(31-14-15-6-4-3-5-7-15)20(26)10-16(24)12-23-22(27)18-11-17(30-2)8-9-19(18)25(28)29/h3-11,13H,12,14H2,1-2H3,(H,23,27). The summed E-state index contributed by atoms with van der Waals surface area (Å²) in [7, 11) is 3.12. The fourth-order valence-corrected chi connectivity index (χ4v) is 2.92. The molecule has 160 valence electrons. The molecule has 0 radical (unpaired) electrons. The fourth-order valence-electron chi connectivity index (χ4n) is 2.92. The topological polar surface area (TPSA) is 113 Å². The monoisotopic (exact) mass is 423 g/mol. The molecule has 0 atom stereocenters. The lowest BCUT2D eigenvalue weighted by atomic mass is 10.1. The summed E-state index contributed by atoms with van der Waals surface area (Å²) in [6, 6.07) is 14.7. The van der Waals surface area contributed by atoms with Crippen LogP contribution in [0.4, 0.5) is 5.69 Å². The molecule has 0 aliphatic carbocycles. The maximum atomic E-state index is 12.6. The van der Waals surface area contributed by atoms with E-state index >= 15 is 0 Å². The number of nitrogens with one attached hydrogen (secondary N) is 1. The van der Waals surface area contributed by atoms with Crippen LogP contribution in [-0.2, 0) is 20.2 Å². The highest BCUT2D eigenvalue weighted by atomic mass is 16.6. The van der Waals surface area contributed by atoms with Gasteiger partial charge in [-0.1, -0.05) is 30.3 Å². The van der Waals surface area contributed by atoms with Crippen LogP contribution in [0, 0.1) is 10.1 Å². The average Bonchev–Trinajstić information content (AvgIpc) is 2.78. The van der Waals surface area contributed by atoms with Gasteiger partial charge in [-0.15, -0.1) is 0 Å². The van der Waals surface area contributed by atoms with Gasteiger partial charge < -0.3 is 19.4 Å². The molecular weight excluding hydrogens is 402 g/mol. The Morgan fingerprint density at radius 3 is 2.58 bits per heavy atom. The summed E-state index contributed by atoms with van der Waals surface area (Å²) in [4.78, 5) is 35.5. The van der Waals surface area contributed by atoms with Gasteiger partial charge >= 0.3 is 0 Å². The molecule has 0 saturated carbocycles. The molecule has 0 unspecified atom stereocenters. The van der Waals surface area contributed by atoms with Gasteiger partial charge in [0.25, 0.3) is 11.6 Å². The van der Waals surface area contributed by atoms with E-state index in [4.69, 9.17) is 9.47 Å². The molecule has 1 N–H and O–H groups in total. The van der Waals surface area contributed by atoms with Crippen LogP contribution in [0.5, 0.6) is 11.5 Å². The number of nitro groups is 1. The average molecular weight is 423 g/mol. The van der Waals surface area contributed by atoms with Crippen molar-refractivity contribution in [3.8, 4) is 11.5 Å². The van der Waals surface area contributed by atoms with Crippen molar-refractivity contribution in [2.24, 2.45) is 7.05 Å². The highest BCUT2D eigenvalue weighted by molar-refractivity contribution is 5.98. The molecule has 0 saturated heterocycles. The van der Waals surface area contributed by atoms with E-state index in [1.165, 1.54) is 31.4 Å². The van der Waals surface area contributed by atoms with Crippen LogP contribution < -0.4 is 20.2 Å². The lowest BCUT2D eigenvalue weighted by molar-refractivity contribution is -0.385. The second-order valence-corrected chi connectivity index (χ2v) is 6.70. The number of hydrogen-bond acceptors (Lipinski definition) is 6. The molecule has 0 aliphatic heterocycles. The second kappa shape index (κ2) is 9.57. The molecular formula is C22H21N3O6. The van der Waals surface area contributed by atoms with Gasteiger partial charge in [0, 0.05) is 24.9 Å². The van der Waals surface area contributed by atoms with E-state index in [1.807, 2.05) is 30.3 Å². The number of nitrogens with zero attached hydrogens (tertiary/aromatic N) is 2. The quantitative estimate of drug-likeness (QED) is 0.440. The molecule has 0 fully saturated rings. The number of rotatable bonds is 8. The number of carbonyl (C=O) groups is 1. The van der Waals surface area contributed by atoms with E-state index in [1.54, 1.807) is 17.8 Å². The molecule has 0 bridgehead atoms. The summed E-state index contributed by atoms with van der Waals surface area (Å²) >= 11 is 0. The number of pyridine rings is 1. The fraction of sp³-hybridized carbons (Fsp3) is 0.182. The molecule has 31 heavy (non-hydrogen) atoms. The van der Waals surface area contributed by atoms with Crippen molar-refractivity contribution in [1.82, 2.24) is 9.88 Å². The normalized spacial score (nSPS) is 10.4. The Labute approximate surface area is 178 Å². The molecule has 9 heteroatoms. The van der Waals surface area contributed by atoms with Crippen molar-refractivity contribution in [3.05, 3.63) is 98.0 Å². The predicted octanol–water partition coefficient (Wildman–Crippen LogP) is 2.81. The van der Waals surface area contributed by atoms with E-state index < -0.39 is 10.8 Å². The highest BCUT2D eigenvalue weighted by Gasteiger charge is 2.21. The van der Waals surface area contributed by atoms with Crippen molar-refractivity contribution in [2.75, 3.05) is 7.11 Å². The van der Waals surface area contributed by atoms with Crippen molar-refractivity contribution >= 4 is 11.6 Å². The first-order chi connectivity index (χ1) is 14.9. The number of nitro benzene ring substituents is 1. The summed E-state index contributed by atoms with van der Waals surface area (Å²) in [5.74, 6) is -0.143. The first kappa shape index (κ1) is 21.6. The minimum Gasteiger partial charge on any atom is -0.497 e. The number of benzene rings is 2. The van der Waals surface area contributed by atoms with Gasteiger partial charge in [0.05, 0.1) is 24.8 Å². The van der Waals surface area contributed by atoms with Crippen LogP contribution in [-0.4, -0.2) is 22.5 Å². The maximum absolute atomic E-state index is 12.6. The Morgan fingerprint density at radius 2 is 1.90 bits per heavy atom. The lowest BCUT2D eigenvalue weighted by Gasteiger charge is -2.13.